The molecule has 1 unspecified atom stereocenters. The zero-order chi connectivity index (χ0) is 23.9. The van der Waals surface area contributed by atoms with Crippen LogP contribution in [0.4, 0.5) is 0 Å². The Morgan fingerprint density at radius 2 is 1.53 bits per heavy atom. The molecule has 1 saturated heterocycles. The molecule has 0 amide bonds. The van der Waals surface area contributed by atoms with Crippen LogP contribution in [0.3, 0.4) is 0 Å². The van der Waals surface area contributed by atoms with Crippen molar-refractivity contribution in [3.8, 4) is 0 Å². The summed E-state index contributed by atoms with van der Waals surface area (Å²) in [4.78, 5) is 31.4. The molecule has 0 aromatic heterocycles. The van der Waals surface area contributed by atoms with Crippen molar-refractivity contribution in [1.82, 2.24) is 9.62 Å². The van der Waals surface area contributed by atoms with Crippen molar-refractivity contribution in [2.24, 2.45) is 11.3 Å². The smallest absolute Gasteiger partial charge is 0.338 e. The van der Waals surface area contributed by atoms with E-state index < -0.39 is 13.5 Å². The zero-order valence-electron chi connectivity index (χ0n) is 21.5. The largest absolute Gasteiger partial charge is 0.465 e. The Morgan fingerprint density at radius 1 is 1.03 bits per heavy atom. The van der Waals surface area contributed by atoms with E-state index in [0.717, 1.165) is 44.8 Å². The number of ether oxygens (including phenoxy) is 2. The Balaban J connectivity index is 2.38. The van der Waals surface area contributed by atoms with E-state index in [9.17, 15) is 9.59 Å². The van der Waals surface area contributed by atoms with Crippen molar-refractivity contribution < 1.29 is 19.1 Å². The van der Waals surface area contributed by atoms with Crippen LogP contribution in [-0.4, -0.2) is 77.0 Å². The fourth-order valence-corrected chi connectivity index (χ4v) is 6.79. The molecule has 0 aromatic rings. The summed E-state index contributed by atoms with van der Waals surface area (Å²) in [6, 6.07) is 1.06. The van der Waals surface area contributed by atoms with E-state index in [1.807, 2.05) is 0 Å². The number of allylic oxidation sites excluding steroid dienone is 1. The van der Waals surface area contributed by atoms with Gasteiger partial charge in [0.1, 0.15) is 0 Å². The second-order valence-corrected chi connectivity index (χ2v) is 16.5. The van der Waals surface area contributed by atoms with E-state index in [0.29, 0.717) is 26.1 Å². The lowest BCUT2D eigenvalue weighted by Gasteiger charge is -2.26. The normalized spacial score (nSPS) is 23.2. The fraction of sp³-hybridized carbons (Fsp3) is 0.833. The van der Waals surface area contributed by atoms with Gasteiger partial charge in [-0.3, -0.25) is 9.59 Å². The van der Waals surface area contributed by atoms with Gasteiger partial charge >= 0.3 is 18.9 Å². The quantitative estimate of drug-likeness (QED) is 0.197. The van der Waals surface area contributed by atoms with Crippen LogP contribution >= 0.6 is 0 Å². The van der Waals surface area contributed by atoms with Crippen LogP contribution in [0.25, 0.3) is 0 Å². The van der Waals surface area contributed by atoms with Crippen LogP contribution in [0.5, 0.6) is 0 Å². The molecule has 0 bridgehead atoms. The maximum Gasteiger partial charge on any atom is 0.338 e. The molecule has 0 aromatic carbocycles. The van der Waals surface area contributed by atoms with Gasteiger partial charge in [-0.25, -0.2) is 0 Å². The van der Waals surface area contributed by atoms with Crippen molar-refractivity contribution in [2.45, 2.75) is 78.1 Å². The summed E-state index contributed by atoms with van der Waals surface area (Å²) in [5, 5.41) is 0. The van der Waals surface area contributed by atoms with Gasteiger partial charge < -0.3 is 19.1 Å². The van der Waals surface area contributed by atoms with E-state index in [-0.39, 0.29) is 24.8 Å². The summed E-state index contributed by atoms with van der Waals surface area (Å²) in [5.74, 6) is 1.77. The molecule has 1 saturated carbocycles. The third-order valence-corrected chi connectivity index (χ3v) is 8.52. The highest BCUT2D eigenvalue weighted by Gasteiger charge is 2.56. The van der Waals surface area contributed by atoms with E-state index in [1.54, 1.807) is 0 Å². The molecule has 1 heterocycles. The molecule has 1 atom stereocenters. The lowest BCUT2D eigenvalue weighted by molar-refractivity contribution is -0.172. The molecule has 0 spiro atoms. The lowest BCUT2D eigenvalue weighted by Crippen LogP contribution is -2.41. The van der Waals surface area contributed by atoms with Gasteiger partial charge in [0.05, 0.1) is 13.2 Å². The molecule has 1 aliphatic heterocycles. The standard InChI is InChI=1S/C24H45BN2O4Si/c1-8-10-14-30-22(28)24(23(29)31-15-11-9-2)16-20(21(17-24)19-32(5,6)7)18-25-26(3)12-13-27(25)4/h18,21H,8-17,19H2,1-7H3. The molecule has 8 heteroatoms. The first kappa shape index (κ1) is 27.1. The summed E-state index contributed by atoms with van der Waals surface area (Å²) in [6.45, 7) is 14.2. The molecular formula is C24H45BN2O4Si. The van der Waals surface area contributed by atoms with Crippen molar-refractivity contribution in [3.63, 3.8) is 0 Å². The average molecular weight is 465 g/mol. The van der Waals surface area contributed by atoms with Gasteiger partial charge in [-0.05, 0) is 45.7 Å². The van der Waals surface area contributed by atoms with Gasteiger partial charge in [-0.15, -0.1) is 0 Å². The van der Waals surface area contributed by atoms with Crippen molar-refractivity contribution in [3.05, 3.63) is 11.5 Å². The van der Waals surface area contributed by atoms with Crippen LogP contribution in [0.2, 0.25) is 25.7 Å². The molecule has 182 valence electrons. The van der Waals surface area contributed by atoms with Crippen molar-refractivity contribution in [1.29, 1.82) is 0 Å². The summed E-state index contributed by atoms with van der Waals surface area (Å²) in [5.41, 5.74) is 0.0332. The Labute approximate surface area is 197 Å². The molecule has 6 nitrogen and oxygen atoms in total. The first-order valence-corrected chi connectivity index (χ1v) is 16.2. The number of hydrogen-bond acceptors (Lipinski definition) is 6. The van der Waals surface area contributed by atoms with Crippen molar-refractivity contribution in [2.75, 3.05) is 40.4 Å². The molecule has 2 rings (SSSR count). The van der Waals surface area contributed by atoms with E-state index in [2.05, 4.69) is 63.2 Å². The molecule has 0 radical (unpaired) electrons. The van der Waals surface area contributed by atoms with Crippen LogP contribution in [0, 0.1) is 11.3 Å². The first-order chi connectivity index (χ1) is 15.0. The Bertz CT molecular complexity index is 647. The number of carbonyl (C=O) groups is 2. The third kappa shape index (κ3) is 6.94. The van der Waals surface area contributed by atoms with E-state index >= 15 is 0 Å². The molecular weight excluding hydrogens is 419 g/mol. The molecule has 0 N–H and O–H groups in total. The highest BCUT2D eigenvalue weighted by atomic mass is 28.3. The molecule has 2 aliphatic rings. The lowest BCUT2D eigenvalue weighted by atomic mass is 9.71. The number of hydrogen-bond donors (Lipinski definition) is 0. The van der Waals surface area contributed by atoms with Gasteiger partial charge in [-0.2, -0.15) is 0 Å². The number of esters is 2. The number of likely N-dealkylation sites (N-methyl/N-ethyl adjacent to an activating group) is 2. The molecule has 1 aliphatic carbocycles. The van der Waals surface area contributed by atoms with E-state index in [4.69, 9.17) is 9.47 Å². The minimum atomic E-state index is -1.42. The number of unbranched alkanes of at least 4 members (excludes halogenated alkanes) is 2. The monoisotopic (exact) mass is 464 g/mol. The number of rotatable bonds is 11. The van der Waals surface area contributed by atoms with Gasteiger partial charge in [-0.1, -0.05) is 63.9 Å². The summed E-state index contributed by atoms with van der Waals surface area (Å²) < 4.78 is 11.3. The summed E-state index contributed by atoms with van der Waals surface area (Å²) in [7, 11) is 2.86. The molecule has 32 heavy (non-hydrogen) atoms. The van der Waals surface area contributed by atoms with Crippen LogP contribution < -0.4 is 0 Å². The minimum absolute atomic E-state index is 0.206. The number of nitrogens with zero attached hydrogens (tertiary/aromatic N) is 2. The first-order valence-electron chi connectivity index (χ1n) is 12.5. The van der Waals surface area contributed by atoms with Crippen molar-refractivity contribution >= 4 is 27.0 Å². The van der Waals surface area contributed by atoms with Gasteiger partial charge in [0, 0.05) is 21.2 Å². The predicted octanol–water partition coefficient (Wildman–Crippen LogP) is 4.24. The highest BCUT2D eigenvalue weighted by molar-refractivity contribution is 6.76. The molecule has 2 fully saturated rings. The van der Waals surface area contributed by atoms with Gasteiger partial charge in [0.2, 0.25) is 0 Å². The third-order valence-electron chi connectivity index (χ3n) is 6.80. The Kier molecular flexibility index (Phi) is 10.0. The summed E-state index contributed by atoms with van der Waals surface area (Å²) >= 11 is 0. The Hall–Kier alpha value is -1.12. The second-order valence-electron chi connectivity index (χ2n) is 11.0. The van der Waals surface area contributed by atoms with Crippen LogP contribution in [0.15, 0.2) is 11.5 Å². The zero-order valence-corrected chi connectivity index (χ0v) is 22.5. The number of carbonyl (C=O) groups excluding carboxylic acids is 2. The SMILES string of the molecule is CCCCOC(=O)C1(C(=O)OCCCC)CC(=CB2N(C)CCN2C)C(C[Si](C)(C)C)C1. The maximum atomic E-state index is 13.4. The average Bonchev–Trinajstić information content (AvgIpc) is 3.23. The summed E-state index contributed by atoms with van der Waals surface area (Å²) in [6.07, 6.45) is 4.46. The van der Waals surface area contributed by atoms with Crippen LogP contribution in [-0.2, 0) is 19.1 Å². The Morgan fingerprint density at radius 3 is 1.97 bits per heavy atom. The fourth-order valence-electron chi connectivity index (χ4n) is 4.91. The minimum Gasteiger partial charge on any atom is -0.465 e. The van der Waals surface area contributed by atoms with Gasteiger partial charge in [0.25, 0.3) is 0 Å². The van der Waals surface area contributed by atoms with Gasteiger partial charge in [0.15, 0.2) is 5.41 Å². The maximum absolute atomic E-state index is 13.4. The topological polar surface area (TPSA) is 59.1 Å². The highest BCUT2D eigenvalue weighted by Crippen LogP contribution is 2.50. The van der Waals surface area contributed by atoms with E-state index in [1.165, 1.54) is 5.57 Å². The predicted molar refractivity (Wildman–Crippen MR) is 134 cm³/mol. The second kappa shape index (κ2) is 11.8. The van der Waals surface area contributed by atoms with Crippen LogP contribution in [0.1, 0.15) is 52.4 Å².